The summed E-state index contributed by atoms with van der Waals surface area (Å²) in [5.74, 6) is -1.16. The van der Waals surface area contributed by atoms with Crippen molar-refractivity contribution in [2.45, 2.75) is 12.5 Å². The van der Waals surface area contributed by atoms with Crippen molar-refractivity contribution in [3.05, 3.63) is 66.0 Å². The molecule has 4 heteroatoms. The summed E-state index contributed by atoms with van der Waals surface area (Å²) in [6.45, 7) is 2.10. The summed E-state index contributed by atoms with van der Waals surface area (Å²) in [6.07, 6.45) is 1.73. The first-order chi connectivity index (χ1) is 10.2. The number of aromatic nitrogens is 1. The topological polar surface area (TPSA) is 53.4 Å². The van der Waals surface area contributed by atoms with Crippen LogP contribution in [0.4, 0.5) is 0 Å². The third-order valence-corrected chi connectivity index (χ3v) is 4.03. The smallest absolute Gasteiger partial charge is 0.308 e. The van der Waals surface area contributed by atoms with Gasteiger partial charge >= 0.3 is 5.97 Å². The van der Waals surface area contributed by atoms with Gasteiger partial charge in [-0.25, -0.2) is 0 Å². The number of hydrogen-bond acceptors (Lipinski definition) is 3. The Balaban J connectivity index is 1.77. The lowest BCUT2D eigenvalue weighted by molar-refractivity contribution is -0.141. The SMILES string of the molecule is O=C(O)[C@@H]1CN(Cc2ccccc2)C[C@H]1c1ccccn1. The third kappa shape index (κ3) is 3.11. The van der Waals surface area contributed by atoms with E-state index in [4.69, 9.17) is 0 Å². The first kappa shape index (κ1) is 13.8. The van der Waals surface area contributed by atoms with Gasteiger partial charge in [0.25, 0.3) is 0 Å². The van der Waals surface area contributed by atoms with Crippen LogP contribution in [0.2, 0.25) is 0 Å². The van der Waals surface area contributed by atoms with E-state index in [-0.39, 0.29) is 11.8 Å². The summed E-state index contributed by atoms with van der Waals surface area (Å²) in [7, 11) is 0. The molecule has 0 saturated carbocycles. The summed E-state index contributed by atoms with van der Waals surface area (Å²) in [4.78, 5) is 18.1. The molecule has 1 aromatic carbocycles. The summed E-state index contributed by atoms with van der Waals surface area (Å²) >= 11 is 0. The van der Waals surface area contributed by atoms with Gasteiger partial charge in [0.05, 0.1) is 5.92 Å². The van der Waals surface area contributed by atoms with Crippen molar-refractivity contribution in [2.24, 2.45) is 5.92 Å². The Morgan fingerprint density at radius 3 is 2.57 bits per heavy atom. The number of rotatable bonds is 4. The van der Waals surface area contributed by atoms with Crippen molar-refractivity contribution in [2.75, 3.05) is 13.1 Å². The number of carboxylic acids is 1. The zero-order chi connectivity index (χ0) is 14.7. The molecule has 0 amide bonds. The zero-order valence-corrected chi connectivity index (χ0v) is 11.7. The summed E-state index contributed by atoms with van der Waals surface area (Å²) < 4.78 is 0. The standard InChI is InChI=1S/C17H18N2O2/c20-17(21)15-12-19(10-13-6-2-1-3-7-13)11-14(15)16-8-4-5-9-18-16/h1-9,14-15H,10-12H2,(H,20,21)/t14-,15-/m1/s1. The monoisotopic (exact) mass is 282 g/mol. The number of likely N-dealkylation sites (tertiary alicyclic amines) is 1. The highest BCUT2D eigenvalue weighted by atomic mass is 16.4. The van der Waals surface area contributed by atoms with Crippen LogP contribution >= 0.6 is 0 Å². The van der Waals surface area contributed by atoms with E-state index < -0.39 is 5.97 Å². The van der Waals surface area contributed by atoms with Crippen molar-refractivity contribution < 1.29 is 9.90 Å². The first-order valence-electron chi connectivity index (χ1n) is 7.14. The van der Waals surface area contributed by atoms with Crippen LogP contribution in [-0.4, -0.2) is 34.0 Å². The summed E-state index contributed by atoms with van der Waals surface area (Å²) in [5, 5.41) is 9.47. The van der Waals surface area contributed by atoms with Crippen LogP contribution in [0, 0.1) is 5.92 Å². The number of pyridine rings is 1. The second kappa shape index (κ2) is 6.06. The van der Waals surface area contributed by atoms with Crippen LogP contribution in [0.15, 0.2) is 54.7 Å². The van der Waals surface area contributed by atoms with Crippen LogP contribution in [-0.2, 0) is 11.3 Å². The fourth-order valence-corrected chi connectivity index (χ4v) is 3.00. The molecule has 1 saturated heterocycles. The number of nitrogens with zero attached hydrogens (tertiary/aromatic N) is 2. The normalized spacial score (nSPS) is 22.3. The number of carbonyl (C=O) groups is 1. The Hall–Kier alpha value is -2.20. The lowest BCUT2D eigenvalue weighted by Crippen LogP contribution is -2.23. The Morgan fingerprint density at radius 2 is 1.90 bits per heavy atom. The van der Waals surface area contributed by atoms with Crippen LogP contribution < -0.4 is 0 Å². The Morgan fingerprint density at radius 1 is 1.14 bits per heavy atom. The minimum absolute atomic E-state index is 0.0348. The molecule has 2 atom stereocenters. The van der Waals surface area contributed by atoms with Gasteiger partial charge in [-0.15, -0.1) is 0 Å². The third-order valence-electron chi connectivity index (χ3n) is 4.03. The summed E-state index contributed by atoms with van der Waals surface area (Å²) in [5.41, 5.74) is 2.09. The predicted octanol–water partition coefficient (Wildman–Crippen LogP) is 2.38. The maximum Gasteiger partial charge on any atom is 0.308 e. The van der Waals surface area contributed by atoms with Crippen LogP contribution in [0.3, 0.4) is 0 Å². The van der Waals surface area contributed by atoms with E-state index in [2.05, 4.69) is 22.0 Å². The second-order valence-corrected chi connectivity index (χ2v) is 5.49. The van der Waals surface area contributed by atoms with Gasteiger partial charge in [-0.3, -0.25) is 14.7 Å². The lowest BCUT2D eigenvalue weighted by Gasteiger charge is -2.15. The van der Waals surface area contributed by atoms with Crippen molar-refractivity contribution in [1.29, 1.82) is 0 Å². The van der Waals surface area contributed by atoms with E-state index in [0.717, 1.165) is 18.8 Å². The predicted molar refractivity (Wildman–Crippen MR) is 79.8 cm³/mol. The summed E-state index contributed by atoms with van der Waals surface area (Å²) in [6, 6.07) is 15.9. The second-order valence-electron chi connectivity index (χ2n) is 5.49. The molecule has 108 valence electrons. The Kier molecular flexibility index (Phi) is 3.97. The maximum atomic E-state index is 11.5. The minimum atomic E-state index is -0.735. The number of benzene rings is 1. The van der Waals surface area contributed by atoms with Crippen molar-refractivity contribution >= 4 is 5.97 Å². The van der Waals surface area contributed by atoms with Gasteiger partial charge in [0.2, 0.25) is 0 Å². The van der Waals surface area contributed by atoms with E-state index in [9.17, 15) is 9.90 Å². The van der Waals surface area contributed by atoms with Gasteiger partial charge in [-0.1, -0.05) is 36.4 Å². The molecule has 1 fully saturated rings. The molecule has 0 bridgehead atoms. The molecule has 1 aliphatic rings. The quantitative estimate of drug-likeness (QED) is 0.935. The Bertz CT molecular complexity index is 601. The molecule has 21 heavy (non-hydrogen) atoms. The Labute approximate surface area is 124 Å². The van der Waals surface area contributed by atoms with E-state index in [1.165, 1.54) is 5.56 Å². The van der Waals surface area contributed by atoms with E-state index in [0.29, 0.717) is 6.54 Å². The van der Waals surface area contributed by atoms with E-state index in [1.54, 1.807) is 6.20 Å². The van der Waals surface area contributed by atoms with Gasteiger partial charge in [-0.2, -0.15) is 0 Å². The minimum Gasteiger partial charge on any atom is -0.481 e. The van der Waals surface area contributed by atoms with Crippen LogP contribution in [0.5, 0.6) is 0 Å². The molecule has 3 rings (SSSR count). The van der Waals surface area contributed by atoms with Gasteiger partial charge in [0, 0.05) is 37.4 Å². The molecule has 2 aromatic rings. The highest BCUT2D eigenvalue weighted by molar-refractivity contribution is 5.72. The van der Waals surface area contributed by atoms with E-state index >= 15 is 0 Å². The maximum absolute atomic E-state index is 11.5. The van der Waals surface area contributed by atoms with Crippen LogP contribution in [0.1, 0.15) is 17.2 Å². The highest BCUT2D eigenvalue weighted by Gasteiger charge is 2.39. The molecule has 2 heterocycles. The highest BCUT2D eigenvalue weighted by Crippen LogP contribution is 2.32. The molecule has 0 aliphatic carbocycles. The molecule has 4 nitrogen and oxygen atoms in total. The molecule has 1 aliphatic heterocycles. The van der Waals surface area contributed by atoms with Crippen molar-refractivity contribution in [3.8, 4) is 0 Å². The number of hydrogen-bond donors (Lipinski definition) is 1. The van der Waals surface area contributed by atoms with Crippen molar-refractivity contribution in [3.63, 3.8) is 0 Å². The van der Waals surface area contributed by atoms with Gasteiger partial charge in [-0.05, 0) is 17.7 Å². The molecule has 1 aromatic heterocycles. The molecule has 0 unspecified atom stereocenters. The average Bonchev–Trinajstić information content (AvgIpc) is 2.93. The molecule has 0 radical (unpaired) electrons. The lowest BCUT2D eigenvalue weighted by atomic mass is 9.93. The average molecular weight is 282 g/mol. The molecule has 1 N–H and O–H groups in total. The van der Waals surface area contributed by atoms with Gasteiger partial charge in [0.1, 0.15) is 0 Å². The fraction of sp³-hybridized carbons (Fsp3) is 0.294. The molecular formula is C17H18N2O2. The first-order valence-corrected chi connectivity index (χ1v) is 7.14. The molecule has 0 spiro atoms. The number of carboxylic acid groups (broad SMARTS) is 1. The van der Waals surface area contributed by atoms with Crippen molar-refractivity contribution in [1.82, 2.24) is 9.88 Å². The fourth-order valence-electron chi connectivity index (χ4n) is 3.00. The van der Waals surface area contributed by atoms with E-state index in [1.807, 2.05) is 36.4 Å². The van der Waals surface area contributed by atoms with Gasteiger partial charge in [0.15, 0.2) is 0 Å². The number of aliphatic carboxylic acids is 1. The zero-order valence-electron chi connectivity index (χ0n) is 11.7. The molecular weight excluding hydrogens is 264 g/mol. The van der Waals surface area contributed by atoms with Gasteiger partial charge < -0.3 is 5.11 Å². The largest absolute Gasteiger partial charge is 0.481 e. The van der Waals surface area contributed by atoms with Crippen LogP contribution in [0.25, 0.3) is 0 Å².